The first kappa shape index (κ1) is 17.5. The van der Waals surface area contributed by atoms with Gasteiger partial charge in [-0.2, -0.15) is 0 Å². The van der Waals surface area contributed by atoms with Crippen molar-refractivity contribution in [1.29, 1.82) is 0 Å². The molecule has 5 nitrogen and oxygen atoms in total. The number of halogens is 1. The van der Waals surface area contributed by atoms with E-state index in [4.69, 9.17) is 9.47 Å². The lowest BCUT2D eigenvalue weighted by Crippen LogP contribution is -2.33. The molecule has 0 aromatic heterocycles. The molecule has 6 heteroatoms. The first-order valence-electron chi connectivity index (χ1n) is 5.83. The van der Waals surface area contributed by atoms with E-state index in [0.29, 0.717) is 19.5 Å². The van der Waals surface area contributed by atoms with E-state index < -0.39 is 0 Å². The third-order valence-electron chi connectivity index (χ3n) is 2.54. The molecule has 1 amide bonds. The minimum Gasteiger partial charge on any atom is -0.497 e. The van der Waals surface area contributed by atoms with Crippen molar-refractivity contribution < 1.29 is 14.3 Å². The lowest BCUT2D eigenvalue weighted by molar-refractivity contribution is -0.120. The molecule has 0 fully saturated rings. The number of ether oxygens (including phenoxy) is 2. The Balaban J connectivity index is 0.00000324. The molecule has 0 saturated carbocycles. The van der Waals surface area contributed by atoms with Gasteiger partial charge in [0.25, 0.3) is 0 Å². The van der Waals surface area contributed by atoms with Crippen molar-refractivity contribution in [3.63, 3.8) is 0 Å². The summed E-state index contributed by atoms with van der Waals surface area (Å²) in [5.41, 5.74) is 1.02. The molecule has 0 atom stereocenters. The van der Waals surface area contributed by atoms with E-state index >= 15 is 0 Å². The predicted molar refractivity (Wildman–Crippen MR) is 77.4 cm³/mol. The Hall–Kier alpha value is -1.46. The van der Waals surface area contributed by atoms with Gasteiger partial charge in [0.1, 0.15) is 11.5 Å². The summed E-state index contributed by atoms with van der Waals surface area (Å²) in [5, 5.41) is 5.62. The van der Waals surface area contributed by atoms with Crippen molar-refractivity contribution in [2.45, 2.75) is 6.42 Å². The minimum absolute atomic E-state index is 0. The van der Waals surface area contributed by atoms with Gasteiger partial charge in [-0.15, -0.1) is 12.4 Å². The molecular weight excluding hydrogens is 268 g/mol. The summed E-state index contributed by atoms with van der Waals surface area (Å²) in [6.07, 6.45) is 0.704. The highest BCUT2D eigenvalue weighted by molar-refractivity contribution is 5.85. The predicted octanol–water partition coefficient (Wildman–Crippen LogP) is 1.00. The van der Waals surface area contributed by atoms with Crippen LogP contribution in [0.2, 0.25) is 0 Å². The standard InChI is InChI=1S/C13H20N2O3.ClH/c1-14-9-13(16)15-7-6-10-8-11(17-2)4-5-12(10)18-3;/h4-5,8,14H,6-7,9H2,1-3H3,(H,15,16);1H. The number of methoxy groups -OCH3 is 2. The molecule has 0 radical (unpaired) electrons. The third-order valence-corrected chi connectivity index (χ3v) is 2.54. The maximum absolute atomic E-state index is 11.3. The Morgan fingerprint density at radius 3 is 2.58 bits per heavy atom. The molecule has 0 bridgehead atoms. The van der Waals surface area contributed by atoms with Crippen molar-refractivity contribution in [2.24, 2.45) is 0 Å². The first-order chi connectivity index (χ1) is 8.71. The molecule has 0 aliphatic rings. The van der Waals surface area contributed by atoms with Crippen LogP contribution in [0.4, 0.5) is 0 Å². The Morgan fingerprint density at radius 2 is 2.00 bits per heavy atom. The number of carbonyl (C=O) groups excluding carboxylic acids is 1. The Bertz CT molecular complexity index is 399. The van der Waals surface area contributed by atoms with Gasteiger partial charge in [-0.05, 0) is 37.2 Å². The van der Waals surface area contributed by atoms with E-state index in [2.05, 4.69) is 10.6 Å². The molecule has 0 unspecified atom stereocenters. The molecule has 0 spiro atoms. The first-order valence-corrected chi connectivity index (χ1v) is 5.83. The van der Waals surface area contributed by atoms with Crippen LogP contribution in [0.25, 0.3) is 0 Å². The molecular formula is C13H21ClN2O3. The number of amides is 1. The van der Waals surface area contributed by atoms with E-state index in [1.165, 1.54) is 0 Å². The van der Waals surface area contributed by atoms with E-state index in [1.807, 2.05) is 18.2 Å². The van der Waals surface area contributed by atoms with Crippen LogP contribution >= 0.6 is 12.4 Å². The summed E-state index contributed by atoms with van der Waals surface area (Å²) in [6, 6.07) is 5.63. The number of benzene rings is 1. The lowest BCUT2D eigenvalue weighted by Gasteiger charge is -2.11. The molecule has 0 aliphatic heterocycles. The molecule has 2 N–H and O–H groups in total. The molecule has 0 saturated heterocycles. The second-order valence-electron chi connectivity index (χ2n) is 3.81. The van der Waals surface area contributed by atoms with Gasteiger partial charge in [0.05, 0.1) is 20.8 Å². The number of likely N-dealkylation sites (N-methyl/N-ethyl adjacent to an activating group) is 1. The molecule has 108 valence electrons. The van der Waals surface area contributed by atoms with Crippen LogP contribution in [0.5, 0.6) is 11.5 Å². The number of hydrogen-bond acceptors (Lipinski definition) is 4. The van der Waals surface area contributed by atoms with E-state index in [-0.39, 0.29) is 18.3 Å². The smallest absolute Gasteiger partial charge is 0.233 e. The number of hydrogen-bond donors (Lipinski definition) is 2. The average Bonchev–Trinajstić information content (AvgIpc) is 2.39. The zero-order valence-corrected chi connectivity index (χ0v) is 12.3. The topological polar surface area (TPSA) is 59.6 Å². The Morgan fingerprint density at radius 1 is 1.26 bits per heavy atom. The van der Waals surface area contributed by atoms with Gasteiger partial charge in [-0.25, -0.2) is 0 Å². The fourth-order valence-electron chi connectivity index (χ4n) is 1.64. The van der Waals surface area contributed by atoms with Gasteiger partial charge >= 0.3 is 0 Å². The van der Waals surface area contributed by atoms with Crippen molar-refractivity contribution in [3.05, 3.63) is 23.8 Å². The van der Waals surface area contributed by atoms with E-state index in [0.717, 1.165) is 17.1 Å². The summed E-state index contributed by atoms with van der Waals surface area (Å²) in [6.45, 7) is 0.902. The van der Waals surface area contributed by atoms with Gasteiger partial charge in [0, 0.05) is 6.54 Å². The quantitative estimate of drug-likeness (QED) is 0.786. The second-order valence-corrected chi connectivity index (χ2v) is 3.81. The number of carbonyl (C=O) groups is 1. The van der Waals surface area contributed by atoms with Crippen LogP contribution in [-0.4, -0.2) is 40.3 Å². The molecule has 0 aliphatic carbocycles. The van der Waals surface area contributed by atoms with Gasteiger partial charge in [-0.1, -0.05) is 0 Å². The maximum atomic E-state index is 11.3. The average molecular weight is 289 g/mol. The zero-order valence-electron chi connectivity index (χ0n) is 11.5. The van der Waals surface area contributed by atoms with Crippen molar-refractivity contribution in [2.75, 3.05) is 34.4 Å². The molecule has 1 rings (SSSR count). The second kappa shape index (κ2) is 9.47. The summed E-state index contributed by atoms with van der Waals surface area (Å²) < 4.78 is 10.4. The normalized spacial score (nSPS) is 9.42. The van der Waals surface area contributed by atoms with Crippen LogP contribution in [-0.2, 0) is 11.2 Å². The summed E-state index contributed by atoms with van der Waals surface area (Å²) >= 11 is 0. The third kappa shape index (κ3) is 5.81. The van der Waals surface area contributed by atoms with Crippen LogP contribution in [0.1, 0.15) is 5.56 Å². The zero-order chi connectivity index (χ0) is 13.4. The van der Waals surface area contributed by atoms with Gasteiger partial charge in [-0.3, -0.25) is 4.79 Å². The fraction of sp³-hybridized carbons (Fsp3) is 0.462. The van der Waals surface area contributed by atoms with Crippen molar-refractivity contribution in [1.82, 2.24) is 10.6 Å². The molecule has 1 aromatic carbocycles. The van der Waals surface area contributed by atoms with Crippen molar-refractivity contribution >= 4 is 18.3 Å². The summed E-state index contributed by atoms with van der Waals surface area (Å²) in [7, 11) is 5.00. The summed E-state index contributed by atoms with van der Waals surface area (Å²) in [5.74, 6) is 1.57. The van der Waals surface area contributed by atoms with Crippen LogP contribution < -0.4 is 20.1 Å². The highest BCUT2D eigenvalue weighted by atomic mass is 35.5. The molecule has 1 aromatic rings. The molecule has 0 heterocycles. The number of rotatable bonds is 7. The SMILES string of the molecule is CNCC(=O)NCCc1cc(OC)ccc1OC.Cl. The largest absolute Gasteiger partial charge is 0.497 e. The minimum atomic E-state index is -0.0145. The fourth-order valence-corrected chi connectivity index (χ4v) is 1.64. The van der Waals surface area contributed by atoms with Gasteiger partial charge in [0.2, 0.25) is 5.91 Å². The van der Waals surface area contributed by atoms with Crippen LogP contribution in [0.15, 0.2) is 18.2 Å². The van der Waals surface area contributed by atoms with Gasteiger partial charge < -0.3 is 20.1 Å². The van der Waals surface area contributed by atoms with E-state index in [1.54, 1.807) is 21.3 Å². The Labute approximate surface area is 120 Å². The maximum Gasteiger partial charge on any atom is 0.233 e. The lowest BCUT2D eigenvalue weighted by atomic mass is 10.1. The highest BCUT2D eigenvalue weighted by Crippen LogP contribution is 2.23. The molecule has 19 heavy (non-hydrogen) atoms. The van der Waals surface area contributed by atoms with Crippen LogP contribution in [0, 0.1) is 0 Å². The van der Waals surface area contributed by atoms with E-state index in [9.17, 15) is 4.79 Å². The number of nitrogens with one attached hydrogen (secondary N) is 2. The van der Waals surface area contributed by atoms with Crippen LogP contribution in [0.3, 0.4) is 0 Å². The van der Waals surface area contributed by atoms with Crippen molar-refractivity contribution in [3.8, 4) is 11.5 Å². The van der Waals surface area contributed by atoms with Gasteiger partial charge in [0.15, 0.2) is 0 Å². The Kier molecular flexibility index (Phi) is 8.74. The highest BCUT2D eigenvalue weighted by Gasteiger charge is 2.05. The summed E-state index contributed by atoms with van der Waals surface area (Å²) in [4.78, 5) is 11.3. The monoisotopic (exact) mass is 288 g/mol.